The first-order valence-electron chi connectivity index (χ1n) is 7.16. The van der Waals surface area contributed by atoms with E-state index in [0.717, 1.165) is 5.30 Å². The second-order valence-electron chi connectivity index (χ2n) is 4.83. The zero-order chi connectivity index (χ0) is 16.0. The van der Waals surface area contributed by atoms with Crippen molar-refractivity contribution in [3.8, 4) is 11.5 Å². The van der Waals surface area contributed by atoms with Crippen molar-refractivity contribution >= 4 is 29.5 Å². The summed E-state index contributed by atoms with van der Waals surface area (Å²) in [6, 6.07) is 28.8. The predicted octanol–water partition coefficient (Wildman–Crippen LogP) is 5.29. The first-order valence-corrected chi connectivity index (χ1v) is 9.53. The van der Waals surface area contributed by atoms with Gasteiger partial charge in [-0.05, 0) is 0 Å². The number of hydrogen-bond acceptors (Lipinski definition) is 3. The molecule has 0 atom stereocenters. The second kappa shape index (κ2) is 7.60. The quantitative estimate of drug-likeness (QED) is 0.535. The molecule has 0 aromatic heterocycles. The minimum absolute atomic E-state index is 0.693. The standard InChI is InChI=1S/C18H16BrO3P/c19-22-23(18-14-8-3-9-15-18,20-16-10-4-1-5-11-16)21-17-12-6-2-7-13-17/h1-15,23H. The van der Waals surface area contributed by atoms with Crippen molar-refractivity contribution < 1.29 is 12.7 Å². The van der Waals surface area contributed by atoms with Crippen LogP contribution in [-0.2, 0) is 3.62 Å². The third-order valence-corrected chi connectivity index (χ3v) is 6.75. The molecule has 0 aliphatic heterocycles. The summed E-state index contributed by atoms with van der Waals surface area (Å²) in [5, 5.41) is 0.865. The third kappa shape index (κ3) is 3.91. The van der Waals surface area contributed by atoms with Gasteiger partial charge in [0.25, 0.3) is 0 Å². The van der Waals surface area contributed by atoms with Crippen LogP contribution < -0.4 is 14.4 Å². The van der Waals surface area contributed by atoms with E-state index in [9.17, 15) is 0 Å². The summed E-state index contributed by atoms with van der Waals surface area (Å²) in [5.41, 5.74) is 0. The molecule has 0 aliphatic rings. The normalized spacial score (nSPS) is 11.7. The van der Waals surface area contributed by atoms with Gasteiger partial charge in [0.2, 0.25) is 0 Å². The Kier molecular flexibility index (Phi) is 5.29. The molecule has 0 spiro atoms. The van der Waals surface area contributed by atoms with Crippen LogP contribution in [0.5, 0.6) is 11.5 Å². The summed E-state index contributed by atoms with van der Waals surface area (Å²) in [7, 11) is -3.21. The Hall–Kier alpha value is -1.87. The molecule has 23 heavy (non-hydrogen) atoms. The van der Waals surface area contributed by atoms with Gasteiger partial charge >= 0.3 is 145 Å². The van der Waals surface area contributed by atoms with E-state index in [1.165, 1.54) is 0 Å². The molecule has 0 amide bonds. The number of rotatable bonds is 6. The predicted molar refractivity (Wildman–Crippen MR) is 98.5 cm³/mol. The summed E-state index contributed by atoms with van der Waals surface area (Å²) in [5.74, 6) is 1.39. The molecular weight excluding hydrogens is 375 g/mol. The number of benzene rings is 3. The van der Waals surface area contributed by atoms with Gasteiger partial charge < -0.3 is 0 Å². The van der Waals surface area contributed by atoms with Crippen LogP contribution in [-0.4, -0.2) is 0 Å². The Morgan fingerprint density at radius 2 is 0.957 bits per heavy atom. The third-order valence-electron chi connectivity index (χ3n) is 3.22. The molecule has 3 aromatic carbocycles. The van der Waals surface area contributed by atoms with Gasteiger partial charge in [-0.3, -0.25) is 0 Å². The fourth-order valence-corrected chi connectivity index (χ4v) is 5.02. The summed E-state index contributed by atoms with van der Waals surface area (Å²) >= 11 is 3.14. The van der Waals surface area contributed by atoms with Crippen molar-refractivity contribution in [2.24, 2.45) is 0 Å². The number of halogens is 1. The molecule has 0 bridgehead atoms. The molecule has 0 saturated carbocycles. The SMILES string of the molecule is BrO[PH](Oc1ccccc1)(Oc1ccccc1)c1ccccc1. The number of para-hydroxylation sites is 2. The molecule has 0 unspecified atom stereocenters. The van der Waals surface area contributed by atoms with Gasteiger partial charge in [-0.15, -0.1) is 0 Å². The molecule has 3 aromatic rings. The molecule has 0 radical (unpaired) electrons. The molecule has 3 nitrogen and oxygen atoms in total. The van der Waals surface area contributed by atoms with Crippen LogP contribution in [0.4, 0.5) is 0 Å². The van der Waals surface area contributed by atoms with E-state index in [1.54, 1.807) is 0 Å². The van der Waals surface area contributed by atoms with Gasteiger partial charge in [-0.25, -0.2) is 0 Å². The van der Waals surface area contributed by atoms with Crippen molar-refractivity contribution in [2.75, 3.05) is 0 Å². The molecule has 5 heteroatoms. The Morgan fingerprint density at radius 1 is 0.565 bits per heavy atom. The van der Waals surface area contributed by atoms with Crippen LogP contribution in [0.2, 0.25) is 0 Å². The Morgan fingerprint density at radius 3 is 1.35 bits per heavy atom. The van der Waals surface area contributed by atoms with E-state index in [2.05, 4.69) is 16.3 Å². The summed E-state index contributed by atoms with van der Waals surface area (Å²) in [6.45, 7) is 0. The maximum atomic E-state index is 6.19. The topological polar surface area (TPSA) is 27.7 Å². The Labute approximate surface area is 144 Å². The van der Waals surface area contributed by atoms with E-state index in [0.29, 0.717) is 11.5 Å². The molecule has 0 saturated heterocycles. The molecular formula is C18H16BrO3P. The molecule has 118 valence electrons. The monoisotopic (exact) mass is 390 g/mol. The van der Waals surface area contributed by atoms with Crippen molar-refractivity contribution in [1.82, 2.24) is 0 Å². The molecule has 0 N–H and O–H groups in total. The van der Waals surface area contributed by atoms with Crippen molar-refractivity contribution in [3.63, 3.8) is 0 Å². The Balaban J connectivity index is 2.00. The molecule has 0 fully saturated rings. The number of hydrogen-bond donors (Lipinski definition) is 0. The summed E-state index contributed by atoms with van der Waals surface area (Å²) in [6.07, 6.45) is 0. The van der Waals surface area contributed by atoms with E-state index in [1.807, 2.05) is 91.0 Å². The van der Waals surface area contributed by atoms with Gasteiger partial charge in [0.1, 0.15) is 0 Å². The van der Waals surface area contributed by atoms with Crippen molar-refractivity contribution in [2.45, 2.75) is 0 Å². The van der Waals surface area contributed by atoms with Gasteiger partial charge in [-0.1, -0.05) is 0 Å². The Bertz CT molecular complexity index is 682. The zero-order valence-electron chi connectivity index (χ0n) is 12.3. The maximum absolute atomic E-state index is 6.19. The van der Waals surface area contributed by atoms with E-state index < -0.39 is 7.94 Å². The van der Waals surface area contributed by atoms with Crippen LogP contribution in [0.3, 0.4) is 0 Å². The first-order chi connectivity index (χ1) is 11.3. The minimum atomic E-state index is -3.21. The van der Waals surface area contributed by atoms with Gasteiger partial charge in [0, 0.05) is 0 Å². The van der Waals surface area contributed by atoms with Gasteiger partial charge in [0.15, 0.2) is 0 Å². The van der Waals surface area contributed by atoms with Crippen LogP contribution in [0.1, 0.15) is 0 Å². The van der Waals surface area contributed by atoms with Crippen LogP contribution >= 0.6 is 24.2 Å². The first kappa shape index (κ1) is 16.0. The fourth-order valence-electron chi connectivity index (χ4n) is 2.14. The fraction of sp³-hybridized carbons (Fsp3) is 0. The van der Waals surface area contributed by atoms with Crippen molar-refractivity contribution in [3.05, 3.63) is 91.0 Å². The van der Waals surface area contributed by atoms with E-state index >= 15 is 0 Å². The molecule has 0 aliphatic carbocycles. The second-order valence-corrected chi connectivity index (χ2v) is 8.05. The average molecular weight is 391 g/mol. The average Bonchev–Trinajstić information content (AvgIpc) is 2.63. The summed E-state index contributed by atoms with van der Waals surface area (Å²) < 4.78 is 18.0. The van der Waals surface area contributed by atoms with Crippen LogP contribution in [0.15, 0.2) is 91.0 Å². The van der Waals surface area contributed by atoms with Gasteiger partial charge in [-0.2, -0.15) is 0 Å². The van der Waals surface area contributed by atoms with Crippen LogP contribution in [0.25, 0.3) is 0 Å². The summed E-state index contributed by atoms with van der Waals surface area (Å²) in [4.78, 5) is 0. The van der Waals surface area contributed by atoms with Crippen LogP contribution in [0, 0.1) is 0 Å². The van der Waals surface area contributed by atoms with E-state index in [-0.39, 0.29) is 0 Å². The van der Waals surface area contributed by atoms with Gasteiger partial charge in [0.05, 0.1) is 0 Å². The molecule has 3 rings (SSSR count). The van der Waals surface area contributed by atoms with E-state index in [4.69, 9.17) is 12.7 Å². The molecule has 0 heterocycles. The van der Waals surface area contributed by atoms with Crippen molar-refractivity contribution in [1.29, 1.82) is 0 Å². The zero-order valence-corrected chi connectivity index (χ0v) is 14.8.